The molecule has 29 heavy (non-hydrogen) atoms. The summed E-state index contributed by atoms with van der Waals surface area (Å²) < 4.78 is 26.5. The molecule has 8 nitrogen and oxygen atoms in total. The summed E-state index contributed by atoms with van der Waals surface area (Å²) in [6.45, 7) is 3.81. The molecule has 0 atom stereocenters. The van der Waals surface area contributed by atoms with E-state index in [0.717, 1.165) is 10.2 Å². The highest BCUT2D eigenvalue weighted by atomic mass is 32.3. The zero-order chi connectivity index (χ0) is 20.8. The first kappa shape index (κ1) is 19.4. The van der Waals surface area contributed by atoms with Crippen molar-refractivity contribution in [2.75, 3.05) is 5.32 Å². The normalized spacial score (nSPS) is 16.2. The number of amidine groups is 1. The molecule has 1 aliphatic rings. The second-order valence-electron chi connectivity index (χ2n) is 6.56. The first-order chi connectivity index (χ1) is 13.8. The highest BCUT2D eigenvalue weighted by molar-refractivity contribution is 8.23. The molecule has 150 valence electrons. The highest BCUT2D eigenvalue weighted by Gasteiger charge is 2.30. The number of aromatic hydroxyl groups is 1. The lowest BCUT2D eigenvalue weighted by molar-refractivity contribution is 0.479. The summed E-state index contributed by atoms with van der Waals surface area (Å²) >= 11 is 1.24. The maximum atomic E-state index is 13.2. The molecule has 0 saturated heterocycles. The average Bonchev–Trinajstić information content (AvgIpc) is 3.14. The lowest BCUT2D eigenvalue weighted by atomic mass is 10.2. The molecule has 0 unspecified atom stereocenters. The van der Waals surface area contributed by atoms with Gasteiger partial charge in [-0.1, -0.05) is 28.5 Å². The van der Waals surface area contributed by atoms with Gasteiger partial charge in [0.25, 0.3) is 5.56 Å². The standard InChI is InChI=1S/C19H18N4O4S2/c1-11(2)7-9-20-23-13-8-10-28-17(13)16(24)15(19(23)25)18-21-12-5-3-4-6-14(12)29(26,27)22-18/h3-10,24,26-27H,1-2H3,(H,21,22). The highest BCUT2D eigenvalue weighted by Crippen LogP contribution is 2.55. The third-order valence-electron chi connectivity index (χ3n) is 4.21. The lowest BCUT2D eigenvalue weighted by Gasteiger charge is -2.34. The minimum atomic E-state index is -3.53. The lowest BCUT2D eigenvalue weighted by Crippen LogP contribution is -2.30. The molecule has 0 aliphatic carbocycles. The molecular formula is C19H18N4O4S2. The first-order valence-corrected chi connectivity index (χ1v) is 11.0. The van der Waals surface area contributed by atoms with Gasteiger partial charge in [-0.05, 0) is 43.5 Å². The van der Waals surface area contributed by atoms with E-state index in [0.29, 0.717) is 15.9 Å². The Kier molecular flexibility index (Phi) is 4.79. The van der Waals surface area contributed by atoms with E-state index in [1.807, 2.05) is 13.8 Å². The van der Waals surface area contributed by atoms with Crippen LogP contribution in [0.4, 0.5) is 5.69 Å². The number of benzene rings is 1. The van der Waals surface area contributed by atoms with E-state index in [9.17, 15) is 19.0 Å². The van der Waals surface area contributed by atoms with Gasteiger partial charge in [-0.2, -0.15) is 9.78 Å². The summed E-state index contributed by atoms with van der Waals surface area (Å²) in [4.78, 5) is 13.4. The second kappa shape index (κ2) is 7.16. The van der Waals surface area contributed by atoms with Gasteiger partial charge in [0.1, 0.15) is 10.5 Å². The van der Waals surface area contributed by atoms with E-state index in [2.05, 4.69) is 14.8 Å². The number of anilines is 1. The molecule has 0 saturated carbocycles. The van der Waals surface area contributed by atoms with Gasteiger partial charge in [0.2, 0.25) is 0 Å². The van der Waals surface area contributed by atoms with Crippen molar-refractivity contribution in [3.63, 3.8) is 0 Å². The Labute approximate surface area is 171 Å². The Morgan fingerprint density at radius 2 is 2.03 bits per heavy atom. The molecule has 4 N–H and O–H groups in total. The van der Waals surface area contributed by atoms with Crippen LogP contribution in [0.2, 0.25) is 0 Å². The van der Waals surface area contributed by atoms with E-state index in [1.165, 1.54) is 17.6 Å². The fourth-order valence-electron chi connectivity index (χ4n) is 2.90. The molecule has 0 fully saturated rings. The number of rotatable bonds is 3. The maximum Gasteiger partial charge on any atom is 0.286 e. The van der Waals surface area contributed by atoms with Crippen LogP contribution in [0.25, 0.3) is 10.2 Å². The fourth-order valence-corrected chi connectivity index (χ4v) is 4.88. The van der Waals surface area contributed by atoms with Crippen molar-refractivity contribution in [1.82, 2.24) is 4.68 Å². The maximum absolute atomic E-state index is 13.2. The zero-order valence-corrected chi connectivity index (χ0v) is 17.2. The second-order valence-corrected chi connectivity index (χ2v) is 9.14. The van der Waals surface area contributed by atoms with Crippen LogP contribution in [0, 0.1) is 0 Å². The molecule has 3 aromatic rings. The number of fused-ring (bicyclic) bond motifs is 2. The Bertz CT molecular complexity index is 1270. The first-order valence-electron chi connectivity index (χ1n) is 8.57. The van der Waals surface area contributed by atoms with E-state index >= 15 is 0 Å². The van der Waals surface area contributed by atoms with Gasteiger partial charge in [-0.15, -0.1) is 15.7 Å². The molecule has 0 amide bonds. The fraction of sp³-hybridized carbons (Fsp3) is 0.105. The summed E-state index contributed by atoms with van der Waals surface area (Å²) in [5.74, 6) is -0.401. The van der Waals surface area contributed by atoms with Crippen molar-refractivity contribution in [2.24, 2.45) is 9.50 Å². The summed E-state index contributed by atoms with van der Waals surface area (Å²) in [6.07, 6.45) is 3.24. The van der Waals surface area contributed by atoms with Crippen LogP contribution in [-0.4, -0.2) is 30.9 Å². The number of nitrogens with one attached hydrogen (secondary N) is 1. The largest absolute Gasteiger partial charge is 0.505 e. The Hall–Kier alpha value is -2.92. The van der Waals surface area contributed by atoms with Crippen LogP contribution < -0.4 is 10.9 Å². The Morgan fingerprint density at radius 3 is 2.79 bits per heavy atom. The minimum Gasteiger partial charge on any atom is -0.505 e. The van der Waals surface area contributed by atoms with Gasteiger partial charge in [0.05, 0.1) is 15.9 Å². The topological polar surface area (TPSA) is 119 Å². The third-order valence-corrected chi connectivity index (χ3v) is 6.50. The quantitative estimate of drug-likeness (QED) is 0.457. The van der Waals surface area contributed by atoms with E-state index in [4.69, 9.17) is 0 Å². The third kappa shape index (κ3) is 3.36. The Morgan fingerprint density at radius 1 is 1.28 bits per heavy atom. The number of nitrogens with zero attached hydrogens (tertiary/aromatic N) is 3. The molecular weight excluding hydrogens is 412 g/mol. The van der Waals surface area contributed by atoms with Gasteiger partial charge < -0.3 is 10.4 Å². The summed E-state index contributed by atoms with van der Waals surface area (Å²) in [5.41, 5.74) is 1.05. The van der Waals surface area contributed by atoms with Crippen molar-refractivity contribution in [3.05, 3.63) is 63.3 Å². The number of hydrogen-bond donors (Lipinski definition) is 4. The van der Waals surface area contributed by atoms with Gasteiger partial charge in [-0.25, -0.2) is 0 Å². The molecule has 3 heterocycles. The Balaban J connectivity index is 1.96. The summed E-state index contributed by atoms with van der Waals surface area (Å²) in [7, 11) is -3.53. The van der Waals surface area contributed by atoms with Crippen molar-refractivity contribution < 1.29 is 14.2 Å². The predicted octanol–water partition coefficient (Wildman–Crippen LogP) is 4.47. The molecule has 2 aromatic heterocycles. The van der Waals surface area contributed by atoms with Crippen LogP contribution in [-0.2, 0) is 0 Å². The number of hydrogen-bond acceptors (Lipinski definition) is 8. The molecule has 0 bridgehead atoms. The van der Waals surface area contributed by atoms with Crippen LogP contribution in [0.5, 0.6) is 5.75 Å². The minimum absolute atomic E-state index is 0.118. The van der Waals surface area contributed by atoms with Gasteiger partial charge >= 0.3 is 0 Å². The number of aromatic nitrogens is 1. The molecule has 0 spiro atoms. The van der Waals surface area contributed by atoms with Crippen molar-refractivity contribution in [2.45, 2.75) is 18.7 Å². The summed E-state index contributed by atoms with van der Waals surface area (Å²) in [5, 5.41) is 19.7. The van der Waals surface area contributed by atoms with Gasteiger partial charge in [0, 0.05) is 6.21 Å². The van der Waals surface area contributed by atoms with Crippen LogP contribution >= 0.6 is 22.1 Å². The van der Waals surface area contributed by atoms with E-state index in [-0.39, 0.29) is 22.0 Å². The molecule has 1 aliphatic heterocycles. The number of para-hydroxylation sites is 1. The van der Waals surface area contributed by atoms with E-state index < -0.39 is 16.3 Å². The molecule has 1 aromatic carbocycles. The number of thiophene rings is 1. The summed E-state index contributed by atoms with van der Waals surface area (Å²) in [6, 6.07) is 8.25. The zero-order valence-electron chi connectivity index (χ0n) is 15.5. The molecule has 0 radical (unpaired) electrons. The van der Waals surface area contributed by atoms with Crippen LogP contribution in [0.3, 0.4) is 0 Å². The average molecular weight is 431 g/mol. The van der Waals surface area contributed by atoms with Crippen molar-refractivity contribution in [1.29, 1.82) is 0 Å². The van der Waals surface area contributed by atoms with Crippen molar-refractivity contribution in [3.8, 4) is 5.75 Å². The molecule has 10 heteroatoms. The number of allylic oxidation sites excluding steroid dienone is 2. The van der Waals surface area contributed by atoms with Crippen molar-refractivity contribution >= 4 is 50.1 Å². The van der Waals surface area contributed by atoms with Crippen LogP contribution in [0.1, 0.15) is 19.4 Å². The monoisotopic (exact) mass is 430 g/mol. The van der Waals surface area contributed by atoms with Gasteiger partial charge in [0.15, 0.2) is 11.6 Å². The van der Waals surface area contributed by atoms with E-state index in [1.54, 1.807) is 41.8 Å². The molecule has 4 rings (SSSR count). The van der Waals surface area contributed by atoms with Gasteiger partial charge in [-0.3, -0.25) is 13.9 Å². The predicted molar refractivity (Wildman–Crippen MR) is 119 cm³/mol. The van der Waals surface area contributed by atoms with Crippen LogP contribution in [0.15, 0.2) is 66.6 Å². The smallest absolute Gasteiger partial charge is 0.286 e. The SMILES string of the molecule is CC(C)=CC=Nn1c(=O)c(C2=NS(O)(O)c3ccccc3N2)c(O)c2sccc21. The number of pyridine rings is 1.